The molecule has 0 radical (unpaired) electrons. The van der Waals surface area contributed by atoms with E-state index in [2.05, 4.69) is 28.5 Å². The lowest BCUT2D eigenvalue weighted by molar-refractivity contribution is -0.145. The Morgan fingerprint density at radius 2 is 1.97 bits per heavy atom. The molecule has 1 aromatic heterocycles. The molecule has 162 valence electrons. The van der Waals surface area contributed by atoms with Crippen molar-refractivity contribution in [3.8, 4) is 5.88 Å². The van der Waals surface area contributed by atoms with E-state index in [-0.39, 0.29) is 12.0 Å². The fourth-order valence-corrected chi connectivity index (χ4v) is 4.16. The minimum Gasteiger partial charge on any atom is -0.473 e. The summed E-state index contributed by atoms with van der Waals surface area (Å²) < 4.78 is 5.85. The van der Waals surface area contributed by atoms with Crippen molar-refractivity contribution >= 4 is 17.4 Å². The number of hydrogen-bond acceptors (Lipinski definition) is 6. The van der Waals surface area contributed by atoms with Gasteiger partial charge in [-0.3, -0.25) is 14.8 Å². The molecule has 3 heterocycles. The number of nitrogens with one attached hydrogen (secondary N) is 2. The van der Waals surface area contributed by atoms with E-state index in [1.807, 2.05) is 24.3 Å². The van der Waals surface area contributed by atoms with Gasteiger partial charge >= 0.3 is 0 Å². The molecule has 8 nitrogen and oxygen atoms in total. The Bertz CT molecular complexity index is 935. The van der Waals surface area contributed by atoms with Gasteiger partial charge in [0, 0.05) is 31.9 Å². The summed E-state index contributed by atoms with van der Waals surface area (Å²) in [6.45, 7) is 1.47. The average molecular weight is 422 g/mol. The maximum Gasteiger partial charge on any atom is 0.248 e. The molecule has 1 saturated heterocycles. The Balaban J connectivity index is 1.42. The van der Waals surface area contributed by atoms with Gasteiger partial charge in [0.2, 0.25) is 17.7 Å². The van der Waals surface area contributed by atoms with Crippen molar-refractivity contribution in [3.05, 3.63) is 66.4 Å². The summed E-state index contributed by atoms with van der Waals surface area (Å²) in [5.74, 6) is -1.04. The number of carbonyl (C=O) groups is 2. The predicted molar refractivity (Wildman–Crippen MR) is 114 cm³/mol. The maximum absolute atomic E-state index is 13.2. The van der Waals surface area contributed by atoms with Crippen molar-refractivity contribution < 1.29 is 19.5 Å². The molecule has 1 aromatic carbocycles. The van der Waals surface area contributed by atoms with E-state index in [1.54, 1.807) is 28.7 Å². The highest BCUT2D eigenvalue weighted by Crippen LogP contribution is 2.26. The van der Waals surface area contributed by atoms with Gasteiger partial charge in [0.1, 0.15) is 6.10 Å². The number of nitrogens with zero attached hydrogens (tertiary/aromatic N) is 2. The number of ether oxygens (including phenoxy) is 1. The van der Waals surface area contributed by atoms with E-state index >= 15 is 0 Å². The van der Waals surface area contributed by atoms with Crippen molar-refractivity contribution in [3.63, 3.8) is 0 Å². The van der Waals surface area contributed by atoms with Crippen molar-refractivity contribution in [2.24, 2.45) is 5.92 Å². The number of carbonyl (C=O) groups excluding carboxylic acids is 2. The predicted octanol–water partition coefficient (Wildman–Crippen LogP) is 1.63. The maximum atomic E-state index is 13.2. The fraction of sp³-hybridized carbons (Fsp3) is 0.348. The van der Waals surface area contributed by atoms with E-state index in [9.17, 15) is 14.8 Å². The van der Waals surface area contributed by atoms with Gasteiger partial charge in [-0.2, -0.15) is 0 Å². The van der Waals surface area contributed by atoms with Crippen LogP contribution >= 0.6 is 0 Å². The van der Waals surface area contributed by atoms with Crippen LogP contribution in [-0.2, 0) is 9.59 Å². The SMILES string of the molecule is O=C(NO)[C@H]1C[C@H](Oc2ccccn2)CN[C@@H]1C(=O)N1CC=C(c2ccccc2)CC1. The number of piperidine rings is 1. The molecule has 0 aliphatic carbocycles. The third-order valence-electron chi connectivity index (χ3n) is 5.79. The summed E-state index contributed by atoms with van der Waals surface area (Å²) in [7, 11) is 0. The lowest BCUT2D eigenvalue weighted by Crippen LogP contribution is -2.60. The molecule has 0 unspecified atom stereocenters. The number of hydrogen-bond donors (Lipinski definition) is 3. The standard InChI is InChI=1S/C23H26N4O4/c28-22(26-30)19-14-18(31-20-8-4-5-11-24-20)15-25-21(19)23(29)27-12-9-17(10-13-27)16-6-2-1-3-7-16/h1-9,11,18-19,21,25,30H,10,12-15H2,(H,26,28)/t18-,19-,21-/m0/s1. The van der Waals surface area contributed by atoms with Crippen molar-refractivity contribution in [2.45, 2.75) is 25.0 Å². The molecule has 3 atom stereocenters. The molecule has 2 aliphatic rings. The number of benzene rings is 1. The van der Waals surface area contributed by atoms with Gasteiger partial charge in [-0.15, -0.1) is 0 Å². The van der Waals surface area contributed by atoms with Gasteiger partial charge in [0.05, 0.1) is 12.0 Å². The quantitative estimate of drug-likeness (QED) is 0.500. The number of pyridine rings is 1. The second-order valence-corrected chi connectivity index (χ2v) is 7.74. The summed E-state index contributed by atoms with van der Waals surface area (Å²) in [5, 5.41) is 12.4. The lowest BCUT2D eigenvalue weighted by Gasteiger charge is -2.38. The summed E-state index contributed by atoms with van der Waals surface area (Å²) in [4.78, 5) is 31.4. The van der Waals surface area contributed by atoms with Gasteiger partial charge in [0.25, 0.3) is 0 Å². The first-order valence-corrected chi connectivity index (χ1v) is 10.4. The molecule has 3 N–H and O–H groups in total. The van der Waals surface area contributed by atoms with Gasteiger partial charge in [0.15, 0.2) is 0 Å². The number of rotatable bonds is 5. The highest BCUT2D eigenvalue weighted by Gasteiger charge is 2.41. The van der Waals surface area contributed by atoms with E-state index in [1.165, 1.54) is 5.57 Å². The van der Waals surface area contributed by atoms with Crippen LogP contribution in [0.15, 0.2) is 60.8 Å². The zero-order valence-electron chi connectivity index (χ0n) is 17.1. The number of amides is 2. The molecule has 0 saturated carbocycles. The molecule has 0 bridgehead atoms. The van der Waals surface area contributed by atoms with Gasteiger partial charge in [-0.1, -0.05) is 42.5 Å². The molecule has 31 heavy (non-hydrogen) atoms. The molecule has 1 fully saturated rings. The third-order valence-corrected chi connectivity index (χ3v) is 5.79. The third kappa shape index (κ3) is 4.92. The number of hydroxylamine groups is 1. The Labute approximate surface area is 180 Å². The lowest BCUT2D eigenvalue weighted by atomic mass is 9.87. The highest BCUT2D eigenvalue weighted by atomic mass is 16.5. The van der Waals surface area contributed by atoms with Crippen LogP contribution in [0.5, 0.6) is 5.88 Å². The summed E-state index contributed by atoms with van der Waals surface area (Å²) in [6.07, 6.45) is 4.40. The van der Waals surface area contributed by atoms with Crippen LogP contribution in [0.4, 0.5) is 0 Å². The smallest absolute Gasteiger partial charge is 0.248 e. The first-order valence-electron chi connectivity index (χ1n) is 10.4. The van der Waals surface area contributed by atoms with E-state index < -0.39 is 17.9 Å². The van der Waals surface area contributed by atoms with Crippen molar-refractivity contribution in [2.75, 3.05) is 19.6 Å². The van der Waals surface area contributed by atoms with E-state index in [0.29, 0.717) is 31.9 Å². The first-order chi connectivity index (χ1) is 15.2. The Morgan fingerprint density at radius 1 is 1.16 bits per heavy atom. The van der Waals surface area contributed by atoms with E-state index in [4.69, 9.17) is 4.74 Å². The Hall–Kier alpha value is -3.23. The molecule has 2 aliphatic heterocycles. The summed E-state index contributed by atoms with van der Waals surface area (Å²) in [6, 6.07) is 14.7. The van der Waals surface area contributed by atoms with Crippen molar-refractivity contribution in [1.29, 1.82) is 0 Å². The molecular formula is C23H26N4O4. The highest BCUT2D eigenvalue weighted by molar-refractivity contribution is 5.90. The van der Waals surface area contributed by atoms with Crippen LogP contribution in [0, 0.1) is 5.92 Å². The normalized spacial score (nSPS) is 23.6. The average Bonchev–Trinajstić information content (AvgIpc) is 2.84. The molecule has 2 amide bonds. The van der Waals surface area contributed by atoms with Gasteiger partial charge < -0.3 is 15.0 Å². The fourth-order valence-electron chi connectivity index (χ4n) is 4.16. The summed E-state index contributed by atoms with van der Waals surface area (Å²) >= 11 is 0. The first kappa shape index (κ1) is 21.0. The second kappa shape index (κ2) is 9.72. The van der Waals surface area contributed by atoms with Crippen LogP contribution in [0.2, 0.25) is 0 Å². The largest absolute Gasteiger partial charge is 0.473 e. The topological polar surface area (TPSA) is 104 Å². The van der Waals surface area contributed by atoms with Crippen LogP contribution in [0.25, 0.3) is 5.57 Å². The zero-order chi connectivity index (χ0) is 21.6. The Morgan fingerprint density at radius 3 is 2.65 bits per heavy atom. The van der Waals surface area contributed by atoms with Crippen LogP contribution in [0.1, 0.15) is 18.4 Å². The molecular weight excluding hydrogens is 396 g/mol. The second-order valence-electron chi connectivity index (χ2n) is 7.74. The monoisotopic (exact) mass is 422 g/mol. The van der Waals surface area contributed by atoms with Crippen LogP contribution in [-0.4, -0.2) is 58.7 Å². The van der Waals surface area contributed by atoms with Crippen LogP contribution < -0.4 is 15.5 Å². The minimum absolute atomic E-state index is 0.145. The molecule has 2 aromatic rings. The molecule has 8 heteroatoms. The van der Waals surface area contributed by atoms with E-state index in [0.717, 1.165) is 12.0 Å². The summed E-state index contributed by atoms with van der Waals surface area (Å²) in [5.41, 5.74) is 4.08. The number of aromatic nitrogens is 1. The van der Waals surface area contributed by atoms with Gasteiger partial charge in [-0.05, 0) is 30.0 Å². The Kier molecular flexibility index (Phi) is 6.59. The molecule has 4 rings (SSSR count). The van der Waals surface area contributed by atoms with Crippen LogP contribution in [0.3, 0.4) is 0 Å². The van der Waals surface area contributed by atoms with Gasteiger partial charge in [-0.25, -0.2) is 10.5 Å². The zero-order valence-corrected chi connectivity index (χ0v) is 17.1. The van der Waals surface area contributed by atoms with Crippen molar-refractivity contribution in [1.82, 2.24) is 20.7 Å². The minimum atomic E-state index is -0.750. The molecule has 0 spiro atoms.